The van der Waals surface area contributed by atoms with E-state index in [-0.39, 0.29) is 18.8 Å². The molecule has 0 bridgehead atoms. The van der Waals surface area contributed by atoms with Gasteiger partial charge in [-0.1, -0.05) is 11.8 Å². The van der Waals surface area contributed by atoms with Crippen LogP contribution in [0, 0.1) is 0 Å². The zero-order valence-corrected chi connectivity index (χ0v) is 9.11. The van der Waals surface area contributed by atoms with Crippen LogP contribution in [0.25, 0.3) is 0 Å². The topological polar surface area (TPSA) is 55.1 Å². The zero-order valence-electron chi connectivity index (χ0n) is 7.47. The Morgan fingerprint density at radius 2 is 2.50 bits per heavy atom. The summed E-state index contributed by atoms with van der Waals surface area (Å²) in [6.07, 6.45) is 2.66. The summed E-state index contributed by atoms with van der Waals surface area (Å²) in [4.78, 5) is 14.6. The molecule has 0 saturated carbocycles. The first kappa shape index (κ1) is 11.4. The van der Waals surface area contributed by atoms with Gasteiger partial charge in [0.2, 0.25) is 0 Å². The van der Waals surface area contributed by atoms with Crippen molar-refractivity contribution >= 4 is 30.1 Å². The molecule has 0 amide bonds. The van der Waals surface area contributed by atoms with Crippen LogP contribution in [0.2, 0.25) is 0 Å². The van der Waals surface area contributed by atoms with Crippen molar-refractivity contribution in [3.8, 4) is 0 Å². The number of carbonyl (C=O) groups is 1. The van der Waals surface area contributed by atoms with Gasteiger partial charge in [0.15, 0.2) is 5.16 Å². The molecule has 78 valence electrons. The summed E-state index contributed by atoms with van der Waals surface area (Å²) < 4.78 is 2.09. The third kappa shape index (κ3) is 2.42. The molecule has 0 atom stereocenters. The quantitative estimate of drug-likeness (QED) is 0.860. The highest BCUT2D eigenvalue weighted by atomic mass is 35.5. The van der Waals surface area contributed by atoms with Gasteiger partial charge in [-0.15, -0.1) is 12.4 Å². The Bertz CT molecular complexity index is 319. The van der Waals surface area contributed by atoms with E-state index >= 15 is 0 Å². The van der Waals surface area contributed by atoms with Crippen molar-refractivity contribution in [1.82, 2.24) is 9.55 Å². The summed E-state index contributed by atoms with van der Waals surface area (Å²) >= 11 is 1.73. The molecular weight excluding hydrogens is 224 g/mol. The molecule has 1 N–H and O–H groups in total. The number of imidazole rings is 1. The second kappa shape index (κ2) is 4.70. The van der Waals surface area contributed by atoms with Crippen molar-refractivity contribution in [2.24, 2.45) is 0 Å². The lowest BCUT2D eigenvalue weighted by molar-refractivity contribution is -0.136. The molecule has 0 fully saturated rings. The number of hydrogen-bond donors (Lipinski definition) is 1. The highest BCUT2D eigenvalue weighted by Crippen LogP contribution is 2.24. The van der Waals surface area contributed by atoms with E-state index in [1.165, 1.54) is 0 Å². The number of aryl methyl sites for hydroxylation is 2. The molecule has 0 unspecified atom stereocenters. The van der Waals surface area contributed by atoms with Crippen LogP contribution in [-0.4, -0.2) is 26.4 Å². The molecule has 1 aromatic heterocycles. The van der Waals surface area contributed by atoms with Crippen LogP contribution in [0.3, 0.4) is 0 Å². The average molecular weight is 235 g/mol. The average Bonchev–Trinajstić information content (AvgIpc) is 2.58. The highest BCUT2D eigenvalue weighted by molar-refractivity contribution is 7.99. The standard InChI is InChI=1S/C8H10N2O2S.ClH/c11-7(12)2-1-6-5-10-3-4-13-8(10)9-6;/h5H,1-4H2,(H,11,12);1H. The normalized spacial score (nSPS) is 13.4. The van der Waals surface area contributed by atoms with E-state index in [0.29, 0.717) is 6.42 Å². The number of carboxylic acid groups (broad SMARTS) is 1. The molecule has 1 aliphatic rings. The Balaban J connectivity index is 0.000000980. The molecule has 1 aromatic rings. The number of carboxylic acids is 1. The second-order valence-corrected chi connectivity index (χ2v) is 4.01. The largest absolute Gasteiger partial charge is 0.481 e. The third-order valence-corrected chi connectivity index (χ3v) is 2.92. The first-order valence-corrected chi connectivity index (χ1v) is 5.15. The van der Waals surface area contributed by atoms with Crippen molar-refractivity contribution in [3.05, 3.63) is 11.9 Å². The minimum Gasteiger partial charge on any atom is -0.481 e. The van der Waals surface area contributed by atoms with Gasteiger partial charge in [-0.3, -0.25) is 4.79 Å². The maximum absolute atomic E-state index is 10.3. The Morgan fingerprint density at radius 3 is 3.14 bits per heavy atom. The number of hydrogen-bond acceptors (Lipinski definition) is 3. The van der Waals surface area contributed by atoms with Gasteiger partial charge in [0, 0.05) is 24.9 Å². The maximum Gasteiger partial charge on any atom is 0.303 e. The summed E-state index contributed by atoms with van der Waals surface area (Å²) in [5.74, 6) is 0.322. The smallest absolute Gasteiger partial charge is 0.303 e. The molecule has 14 heavy (non-hydrogen) atoms. The van der Waals surface area contributed by atoms with E-state index in [4.69, 9.17) is 5.11 Å². The third-order valence-electron chi connectivity index (χ3n) is 1.95. The molecule has 0 radical (unpaired) electrons. The van der Waals surface area contributed by atoms with Crippen LogP contribution in [0.15, 0.2) is 11.4 Å². The van der Waals surface area contributed by atoms with Crippen LogP contribution in [0.4, 0.5) is 0 Å². The fourth-order valence-corrected chi connectivity index (χ4v) is 2.28. The monoisotopic (exact) mass is 234 g/mol. The van der Waals surface area contributed by atoms with E-state index in [1.807, 2.05) is 6.20 Å². The second-order valence-electron chi connectivity index (χ2n) is 2.95. The zero-order chi connectivity index (χ0) is 9.26. The number of thioether (sulfide) groups is 1. The molecule has 0 saturated heterocycles. The molecule has 2 heterocycles. The van der Waals surface area contributed by atoms with E-state index in [1.54, 1.807) is 11.8 Å². The van der Waals surface area contributed by atoms with E-state index < -0.39 is 5.97 Å². The number of aliphatic carboxylic acids is 1. The molecule has 1 aliphatic heterocycles. The molecule has 0 aromatic carbocycles. The van der Waals surface area contributed by atoms with Gasteiger partial charge in [-0.25, -0.2) is 4.98 Å². The Hall–Kier alpha value is -0.680. The number of nitrogens with zero attached hydrogens (tertiary/aromatic N) is 2. The predicted octanol–water partition coefficient (Wildman–Crippen LogP) is 1.43. The Labute approximate surface area is 92.1 Å². The molecule has 2 rings (SSSR count). The van der Waals surface area contributed by atoms with Crippen molar-refractivity contribution < 1.29 is 9.90 Å². The molecule has 4 nitrogen and oxygen atoms in total. The van der Waals surface area contributed by atoms with Gasteiger partial charge < -0.3 is 9.67 Å². The van der Waals surface area contributed by atoms with Gasteiger partial charge in [0.1, 0.15) is 0 Å². The fourth-order valence-electron chi connectivity index (χ4n) is 1.32. The molecule has 0 aliphatic carbocycles. The van der Waals surface area contributed by atoms with Crippen molar-refractivity contribution in [1.29, 1.82) is 0 Å². The van der Waals surface area contributed by atoms with E-state index in [9.17, 15) is 4.79 Å². The minimum absolute atomic E-state index is 0. The predicted molar refractivity (Wildman–Crippen MR) is 56.2 cm³/mol. The van der Waals surface area contributed by atoms with Crippen molar-refractivity contribution in [2.45, 2.75) is 24.5 Å². The number of fused-ring (bicyclic) bond motifs is 1. The summed E-state index contributed by atoms with van der Waals surface area (Å²) in [5, 5.41) is 9.51. The van der Waals surface area contributed by atoms with Gasteiger partial charge in [0.25, 0.3) is 0 Å². The van der Waals surface area contributed by atoms with Gasteiger partial charge >= 0.3 is 5.97 Å². The van der Waals surface area contributed by atoms with E-state index in [2.05, 4.69) is 9.55 Å². The van der Waals surface area contributed by atoms with Crippen LogP contribution < -0.4 is 0 Å². The minimum atomic E-state index is -0.763. The fraction of sp³-hybridized carbons (Fsp3) is 0.500. The summed E-state index contributed by atoms with van der Waals surface area (Å²) in [7, 11) is 0. The molecular formula is C8H11ClN2O2S. The van der Waals surface area contributed by atoms with Gasteiger partial charge in [-0.05, 0) is 0 Å². The number of aromatic nitrogens is 2. The Kier molecular flexibility index (Phi) is 3.83. The van der Waals surface area contributed by atoms with Crippen LogP contribution >= 0.6 is 24.2 Å². The lowest BCUT2D eigenvalue weighted by Gasteiger charge is -1.91. The SMILES string of the molecule is Cl.O=C(O)CCc1cn2c(n1)SCC2. The van der Waals surface area contributed by atoms with Crippen LogP contribution in [0.1, 0.15) is 12.1 Å². The lowest BCUT2D eigenvalue weighted by Crippen LogP contribution is -1.97. The van der Waals surface area contributed by atoms with Crippen molar-refractivity contribution in [3.63, 3.8) is 0 Å². The Morgan fingerprint density at radius 1 is 1.71 bits per heavy atom. The van der Waals surface area contributed by atoms with Crippen LogP contribution in [0.5, 0.6) is 0 Å². The number of halogens is 1. The maximum atomic E-state index is 10.3. The lowest BCUT2D eigenvalue weighted by atomic mass is 10.2. The molecule has 6 heteroatoms. The molecule has 0 spiro atoms. The highest BCUT2D eigenvalue weighted by Gasteiger charge is 2.14. The first-order chi connectivity index (χ1) is 6.25. The van der Waals surface area contributed by atoms with E-state index in [0.717, 1.165) is 23.1 Å². The first-order valence-electron chi connectivity index (χ1n) is 4.16. The van der Waals surface area contributed by atoms with Crippen molar-refractivity contribution in [2.75, 3.05) is 5.75 Å². The van der Waals surface area contributed by atoms with Gasteiger partial charge in [-0.2, -0.15) is 0 Å². The van der Waals surface area contributed by atoms with Crippen LogP contribution in [-0.2, 0) is 17.8 Å². The van der Waals surface area contributed by atoms with Gasteiger partial charge in [0.05, 0.1) is 12.1 Å². The summed E-state index contributed by atoms with van der Waals surface area (Å²) in [6, 6.07) is 0. The summed E-state index contributed by atoms with van der Waals surface area (Å²) in [5.41, 5.74) is 0.893. The summed E-state index contributed by atoms with van der Waals surface area (Å²) in [6.45, 7) is 1.00. The number of rotatable bonds is 3.